The van der Waals surface area contributed by atoms with Gasteiger partial charge >= 0.3 is 0 Å². The van der Waals surface area contributed by atoms with Crippen molar-refractivity contribution < 1.29 is 5.11 Å². The third-order valence-electron chi connectivity index (χ3n) is 3.21. The van der Waals surface area contributed by atoms with Crippen molar-refractivity contribution in [3.05, 3.63) is 24.3 Å². The van der Waals surface area contributed by atoms with Crippen molar-refractivity contribution in [1.82, 2.24) is 9.97 Å². The maximum atomic E-state index is 9.87. The van der Waals surface area contributed by atoms with E-state index in [4.69, 9.17) is 0 Å². The topological polar surface area (TPSA) is 46.0 Å². The van der Waals surface area contributed by atoms with Gasteiger partial charge in [0.05, 0.1) is 0 Å². The average molecular weight is 250 g/mol. The zero-order valence-corrected chi connectivity index (χ0v) is 11.5. The van der Waals surface area contributed by atoms with Crippen LogP contribution in [0.15, 0.2) is 18.5 Å². The molecule has 0 aliphatic carbocycles. The highest BCUT2D eigenvalue weighted by molar-refractivity contribution is 4.92. The van der Waals surface area contributed by atoms with Gasteiger partial charge in [-0.05, 0) is 12.5 Å². The summed E-state index contributed by atoms with van der Waals surface area (Å²) in [6.07, 6.45) is 13.9. The Kier molecular flexibility index (Phi) is 8.40. The molecule has 0 spiro atoms. The van der Waals surface area contributed by atoms with Crippen LogP contribution in [0.5, 0.6) is 0 Å². The Morgan fingerprint density at radius 1 is 0.944 bits per heavy atom. The second-order valence-electron chi connectivity index (χ2n) is 4.89. The van der Waals surface area contributed by atoms with Gasteiger partial charge in [0.25, 0.3) is 0 Å². The van der Waals surface area contributed by atoms with E-state index < -0.39 is 6.10 Å². The van der Waals surface area contributed by atoms with E-state index in [1.807, 2.05) is 0 Å². The summed E-state index contributed by atoms with van der Waals surface area (Å²) in [6, 6.07) is 1.77. The lowest BCUT2D eigenvalue weighted by Gasteiger charge is -2.08. The number of aliphatic hydroxyl groups is 1. The zero-order valence-electron chi connectivity index (χ0n) is 11.5. The minimum absolute atomic E-state index is 0.494. The van der Waals surface area contributed by atoms with E-state index >= 15 is 0 Å². The molecule has 3 nitrogen and oxygen atoms in total. The van der Waals surface area contributed by atoms with Crippen molar-refractivity contribution in [1.29, 1.82) is 0 Å². The molecule has 1 rings (SSSR count). The third kappa shape index (κ3) is 6.70. The molecule has 0 aliphatic rings. The Morgan fingerprint density at radius 3 is 2.11 bits per heavy atom. The normalized spacial score (nSPS) is 12.6. The van der Waals surface area contributed by atoms with E-state index in [1.54, 1.807) is 18.5 Å². The molecule has 1 atom stereocenters. The summed E-state index contributed by atoms with van der Waals surface area (Å²) in [4.78, 5) is 8.13. The maximum Gasteiger partial charge on any atom is 0.156 e. The van der Waals surface area contributed by atoms with Crippen molar-refractivity contribution in [2.75, 3.05) is 0 Å². The molecule has 0 fully saturated rings. The van der Waals surface area contributed by atoms with E-state index in [9.17, 15) is 5.11 Å². The first kappa shape index (κ1) is 15.1. The molecule has 18 heavy (non-hydrogen) atoms. The molecule has 1 unspecified atom stereocenters. The predicted octanol–water partition coefficient (Wildman–Crippen LogP) is 4.04. The molecule has 1 aromatic heterocycles. The van der Waals surface area contributed by atoms with Gasteiger partial charge in [-0.25, -0.2) is 9.97 Å². The highest BCUT2D eigenvalue weighted by Gasteiger charge is 2.08. The molecule has 0 aliphatic heterocycles. The van der Waals surface area contributed by atoms with Crippen molar-refractivity contribution >= 4 is 0 Å². The Balaban J connectivity index is 1.98. The maximum absolute atomic E-state index is 9.87. The fourth-order valence-corrected chi connectivity index (χ4v) is 2.08. The third-order valence-corrected chi connectivity index (χ3v) is 3.21. The van der Waals surface area contributed by atoms with Crippen molar-refractivity contribution in [2.24, 2.45) is 0 Å². The summed E-state index contributed by atoms with van der Waals surface area (Å²) in [6.45, 7) is 2.24. The van der Waals surface area contributed by atoms with E-state index in [0.29, 0.717) is 5.82 Å². The molecule has 0 amide bonds. The summed E-state index contributed by atoms with van der Waals surface area (Å²) in [5.74, 6) is 0.556. The predicted molar refractivity (Wildman–Crippen MR) is 74.2 cm³/mol. The number of rotatable bonds is 10. The Hall–Kier alpha value is -0.960. The summed E-state index contributed by atoms with van der Waals surface area (Å²) in [5.41, 5.74) is 0. The van der Waals surface area contributed by atoms with Crippen LogP contribution in [0.25, 0.3) is 0 Å². The van der Waals surface area contributed by atoms with Gasteiger partial charge in [-0.1, -0.05) is 58.3 Å². The first-order valence-electron chi connectivity index (χ1n) is 7.29. The largest absolute Gasteiger partial charge is 0.385 e. The fraction of sp³-hybridized carbons (Fsp3) is 0.733. The van der Waals surface area contributed by atoms with Crippen LogP contribution in [0.4, 0.5) is 0 Å². The van der Waals surface area contributed by atoms with E-state index in [2.05, 4.69) is 16.9 Å². The molecule has 0 saturated carbocycles. The zero-order chi connectivity index (χ0) is 13.1. The van der Waals surface area contributed by atoms with Crippen LogP contribution in [0, 0.1) is 0 Å². The van der Waals surface area contributed by atoms with Crippen LogP contribution >= 0.6 is 0 Å². The Labute approximate surface area is 111 Å². The van der Waals surface area contributed by atoms with Crippen LogP contribution in [0.3, 0.4) is 0 Å². The number of nitrogens with zero attached hydrogens (tertiary/aromatic N) is 2. The summed E-state index contributed by atoms with van der Waals surface area (Å²) >= 11 is 0. The van der Waals surface area contributed by atoms with Crippen LogP contribution < -0.4 is 0 Å². The molecule has 0 radical (unpaired) electrons. The fourth-order valence-electron chi connectivity index (χ4n) is 2.08. The number of hydrogen-bond acceptors (Lipinski definition) is 3. The SMILES string of the molecule is CCCCCCCCCCC(O)c1ncccn1. The van der Waals surface area contributed by atoms with Gasteiger partial charge in [-0.15, -0.1) is 0 Å². The second kappa shape index (κ2) is 10.0. The van der Waals surface area contributed by atoms with Crippen LogP contribution in [0.2, 0.25) is 0 Å². The minimum atomic E-state index is -0.494. The standard InChI is InChI=1S/C15H26N2O/c1-2-3-4-5-6-7-8-9-11-14(18)15-16-12-10-13-17-15/h10,12-14,18H,2-9,11H2,1H3. The van der Waals surface area contributed by atoms with Crippen LogP contribution in [-0.2, 0) is 0 Å². The monoisotopic (exact) mass is 250 g/mol. The number of aliphatic hydroxyl groups excluding tert-OH is 1. The lowest BCUT2D eigenvalue weighted by atomic mass is 10.1. The van der Waals surface area contributed by atoms with Crippen molar-refractivity contribution in [3.8, 4) is 0 Å². The minimum Gasteiger partial charge on any atom is -0.385 e. The van der Waals surface area contributed by atoms with Gasteiger partial charge in [0.15, 0.2) is 5.82 Å². The summed E-state index contributed by atoms with van der Waals surface area (Å²) in [5, 5.41) is 9.87. The first-order chi connectivity index (χ1) is 8.84. The number of aromatic nitrogens is 2. The van der Waals surface area contributed by atoms with E-state index in [0.717, 1.165) is 12.8 Å². The quantitative estimate of drug-likeness (QED) is 0.637. The van der Waals surface area contributed by atoms with E-state index in [1.165, 1.54) is 44.9 Å². The van der Waals surface area contributed by atoms with E-state index in [-0.39, 0.29) is 0 Å². The van der Waals surface area contributed by atoms with Crippen molar-refractivity contribution in [2.45, 2.75) is 70.8 Å². The molecule has 0 bridgehead atoms. The summed E-state index contributed by atoms with van der Waals surface area (Å²) in [7, 11) is 0. The lowest BCUT2D eigenvalue weighted by molar-refractivity contribution is 0.153. The molecule has 1 heterocycles. The molecule has 1 N–H and O–H groups in total. The molecular weight excluding hydrogens is 224 g/mol. The molecule has 3 heteroatoms. The molecule has 1 aromatic rings. The smallest absolute Gasteiger partial charge is 0.156 e. The summed E-state index contributed by atoms with van der Waals surface area (Å²) < 4.78 is 0. The average Bonchev–Trinajstić information content (AvgIpc) is 2.42. The first-order valence-corrected chi connectivity index (χ1v) is 7.29. The van der Waals surface area contributed by atoms with Gasteiger partial charge in [0.2, 0.25) is 0 Å². The van der Waals surface area contributed by atoms with Crippen LogP contribution in [-0.4, -0.2) is 15.1 Å². The van der Waals surface area contributed by atoms with Gasteiger partial charge in [0, 0.05) is 12.4 Å². The number of unbranched alkanes of at least 4 members (excludes halogenated alkanes) is 7. The van der Waals surface area contributed by atoms with Gasteiger partial charge in [-0.2, -0.15) is 0 Å². The highest BCUT2D eigenvalue weighted by Crippen LogP contribution is 2.16. The van der Waals surface area contributed by atoms with Gasteiger partial charge in [-0.3, -0.25) is 0 Å². The van der Waals surface area contributed by atoms with Crippen LogP contribution in [0.1, 0.15) is 76.6 Å². The molecular formula is C15H26N2O. The molecule has 0 saturated heterocycles. The van der Waals surface area contributed by atoms with Crippen molar-refractivity contribution in [3.63, 3.8) is 0 Å². The van der Waals surface area contributed by atoms with Gasteiger partial charge in [0.1, 0.15) is 6.10 Å². The van der Waals surface area contributed by atoms with Gasteiger partial charge < -0.3 is 5.11 Å². The Morgan fingerprint density at radius 2 is 1.50 bits per heavy atom. The second-order valence-corrected chi connectivity index (χ2v) is 4.89. The number of hydrogen-bond donors (Lipinski definition) is 1. The molecule has 0 aromatic carbocycles. The molecule has 102 valence electrons. The Bertz CT molecular complexity index is 290. The highest BCUT2D eigenvalue weighted by atomic mass is 16.3. The lowest BCUT2D eigenvalue weighted by Crippen LogP contribution is -2.02.